The fourth-order valence-electron chi connectivity index (χ4n) is 3.00. The van der Waals surface area contributed by atoms with E-state index >= 15 is 0 Å². The first-order chi connectivity index (χ1) is 12.7. The van der Waals surface area contributed by atoms with Crippen LogP contribution in [-0.4, -0.2) is 19.1 Å². The molecule has 5 heteroatoms. The number of rotatable bonds is 5. The third-order valence-corrected chi connectivity index (χ3v) is 4.25. The molecule has 1 aliphatic heterocycles. The average Bonchev–Trinajstić information content (AvgIpc) is 2.69. The topological polar surface area (TPSA) is 65.4 Å². The monoisotopic (exact) mass is 347 g/mol. The predicted molar refractivity (Wildman–Crippen MR) is 102 cm³/mol. The number of carbonyl (C=O) groups is 1. The number of amides is 1. The number of hydrogen-bond acceptors (Lipinski definition) is 4. The Morgan fingerprint density at radius 1 is 1.27 bits per heavy atom. The smallest absolute Gasteiger partial charge is 0.270 e. The van der Waals surface area contributed by atoms with Crippen LogP contribution in [0, 0.1) is 11.3 Å². The standard InChI is InChI=1S/C21H21N3O2/c1-2-26-19-11-9-18(10-12-19)23-15-17(14-22)21(25)24-13-5-7-16-6-3-4-8-20(16)24/h3-4,6,8-12,15,23H,2,5,7,13H2,1H3/b17-15-. The van der Waals surface area contributed by atoms with Gasteiger partial charge in [-0.15, -0.1) is 0 Å². The molecule has 0 saturated carbocycles. The zero-order valence-corrected chi connectivity index (χ0v) is 14.7. The first-order valence-electron chi connectivity index (χ1n) is 8.72. The molecule has 1 heterocycles. The fraction of sp³-hybridized carbons (Fsp3) is 0.238. The molecule has 0 fully saturated rings. The number of nitrogens with one attached hydrogen (secondary N) is 1. The molecule has 0 spiro atoms. The Morgan fingerprint density at radius 2 is 2.04 bits per heavy atom. The van der Waals surface area contributed by atoms with Gasteiger partial charge in [0.1, 0.15) is 17.4 Å². The SMILES string of the molecule is CCOc1ccc(N/C=C(/C#N)C(=O)N2CCCc3ccccc32)cc1. The second-order valence-corrected chi connectivity index (χ2v) is 5.96. The van der Waals surface area contributed by atoms with Crippen molar-refractivity contribution in [2.75, 3.05) is 23.4 Å². The molecule has 3 rings (SSSR count). The third-order valence-electron chi connectivity index (χ3n) is 4.25. The van der Waals surface area contributed by atoms with E-state index in [0.717, 1.165) is 35.5 Å². The lowest BCUT2D eigenvalue weighted by Crippen LogP contribution is -2.36. The molecule has 0 aromatic heterocycles. The van der Waals surface area contributed by atoms with E-state index in [-0.39, 0.29) is 11.5 Å². The van der Waals surface area contributed by atoms with Crippen molar-refractivity contribution in [3.05, 3.63) is 65.9 Å². The molecule has 0 atom stereocenters. The predicted octanol–water partition coefficient (Wildman–Crippen LogP) is 3.88. The normalized spacial score (nSPS) is 13.5. The van der Waals surface area contributed by atoms with Crippen molar-refractivity contribution in [1.82, 2.24) is 0 Å². The highest BCUT2D eigenvalue weighted by Crippen LogP contribution is 2.27. The van der Waals surface area contributed by atoms with E-state index in [1.165, 1.54) is 6.20 Å². The molecule has 1 N–H and O–H groups in total. The number of ether oxygens (including phenoxy) is 1. The van der Waals surface area contributed by atoms with Crippen LogP contribution in [0.1, 0.15) is 18.9 Å². The molecule has 5 nitrogen and oxygen atoms in total. The highest BCUT2D eigenvalue weighted by atomic mass is 16.5. The van der Waals surface area contributed by atoms with Crippen molar-refractivity contribution in [2.24, 2.45) is 0 Å². The van der Waals surface area contributed by atoms with E-state index in [1.807, 2.05) is 61.5 Å². The zero-order valence-electron chi connectivity index (χ0n) is 14.7. The van der Waals surface area contributed by atoms with Crippen LogP contribution in [0.2, 0.25) is 0 Å². The molecule has 0 unspecified atom stereocenters. The molecule has 26 heavy (non-hydrogen) atoms. The Bertz CT molecular complexity index is 850. The van der Waals surface area contributed by atoms with Crippen molar-refractivity contribution in [3.8, 4) is 11.8 Å². The van der Waals surface area contributed by atoms with Crippen molar-refractivity contribution in [1.29, 1.82) is 5.26 Å². The average molecular weight is 347 g/mol. The third kappa shape index (κ3) is 3.86. The number of hydrogen-bond donors (Lipinski definition) is 1. The lowest BCUT2D eigenvalue weighted by Gasteiger charge is -2.29. The molecular weight excluding hydrogens is 326 g/mol. The number of para-hydroxylation sites is 1. The quantitative estimate of drug-likeness (QED) is 0.658. The number of carbonyl (C=O) groups excluding carboxylic acids is 1. The van der Waals surface area contributed by atoms with Gasteiger partial charge in [-0.1, -0.05) is 18.2 Å². The van der Waals surface area contributed by atoms with Gasteiger partial charge >= 0.3 is 0 Å². The molecule has 0 aliphatic carbocycles. The Hall–Kier alpha value is -3.26. The van der Waals surface area contributed by atoms with Crippen LogP contribution in [0.4, 0.5) is 11.4 Å². The van der Waals surface area contributed by atoms with E-state index in [0.29, 0.717) is 13.2 Å². The van der Waals surface area contributed by atoms with Gasteiger partial charge in [0, 0.05) is 24.1 Å². The minimum absolute atomic E-state index is 0.0792. The first kappa shape index (κ1) is 17.6. The van der Waals surface area contributed by atoms with Gasteiger partial charge < -0.3 is 15.0 Å². The lowest BCUT2D eigenvalue weighted by molar-refractivity contribution is -0.114. The molecule has 1 aliphatic rings. The van der Waals surface area contributed by atoms with Gasteiger partial charge in [-0.2, -0.15) is 5.26 Å². The largest absolute Gasteiger partial charge is 0.494 e. The van der Waals surface area contributed by atoms with Crippen LogP contribution < -0.4 is 15.0 Å². The maximum Gasteiger partial charge on any atom is 0.270 e. The van der Waals surface area contributed by atoms with Gasteiger partial charge in [0.25, 0.3) is 5.91 Å². The Labute approximate surface area is 153 Å². The summed E-state index contributed by atoms with van der Waals surface area (Å²) >= 11 is 0. The maximum absolute atomic E-state index is 12.8. The summed E-state index contributed by atoms with van der Waals surface area (Å²) in [6.45, 7) is 3.16. The van der Waals surface area contributed by atoms with E-state index < -0.39 is 0 Å². The number of anilines is 2. The molecule has 2 aromatic carbocycles. The summed E-state index contributed by atoms with van der Waals surface area (Å²) in [7, 11) is 0. The number of benzene rings is 2. The van der Waals surface area contributed by atoms with E-state index in [1.54, 1.807) is 4.90 Å². The van der Waals surface area contributed by atoms with Gasteiger partial charge in [-0.3, -0.25) is 4.79 Å². The van der Waals surface area contributed by atoms with Crippen LogP contribution in [0.15, 0.2) is 60.3 Å². The van der Waals surface area contributed by atoms with E-state index in [9.17, 15) is 10.1 Å². The summed E-state index contributed by atoms with van der Waals surface area (Å²) in [6, 6.07) is 17.2. The van der Waals surface area contributed by atoms with Crippen LogP contribution in [0.5, 0.6) is 5.75 Å². The Morgan fingerprint density at radius 3 is 2.77 bits per heavy atom. The van der Waals surface area contributed by atoms with Gasteiger partial charge in [0.2, 0.25) is 0 Å². The minimum Gasteiger partial charge on any atom is -0.494 e. The summed E-state index contributed by atoms with van der Waals surface area (Å²) in [5.74, 6) is 0.502. The number of nitrogens with zero attached hydrogens (tertiary/aromatic N) is 2. The molecule has 2 aromatic rings. The van der Waals surface area contributed by atoms with E-state index in [2.05, 4.69) is 5.32 Å². The van der Waals surface area contributed by atoms with Gasteiger partial charge in [-0.05, 0) is 55.7 Å². The van der Waals surface area contributed by atoms with Crippen LogP contribution in [0.3, 0.4) is 0 Å². The highest BCUT2D eigenvalue weighted by Gasteiger charge is 2.24. The lowest BCUT2D eigenvalue weighted by atomic mass is 10.0. The zero-order chi connectivity index (χ0) is 18.4. The van der Waals surface area contributed by atoms with Gasteiger partial charge in [0.05, 0.1) is 6.61 Å². The highest BCUT2D eigenvalue weighted by molar-refractivity contribution is 6.09. The number of fused-ring (bicyclic) bond motifs is 1. The summed E-state index contributed by atoms with van der Waals surface area (Å²) < 4.78 is 5.40. The van der Waals surface area contributed by atoms with Crippen molar-refractivity contribution >= 4 is 17.3 Å². The Balaban J connectivity index is 1.75. The van der Waals surface area contributed by atoms with Crippen LogP contribution in [-0.2, 0) is 11.2 Å². The van der Waals surface area contributed by atoms with E-state index in [4.69, 9.17) is 4.74 Å². The van der Waals surface area contributed by atoms with Crippen LogP contribution >= 0.6 is 0 Å². The molecule has 132 valence electrons. The van der Waals surface area contributed by atoms with Gasteiger partial charge in [0.15, 0.2) is 0 Å². The second kappa shape index (κ2) is 8.21. The summed E-state index contributed by atoms with van der Waals surface area (Å²) in [6.07, 6.45) is 3.32. The molecule has 0 bridgehead atoms. The molecule has 0 radical (unpaired) electrons. The number of aryl methyl sites for hydroxylation is 1. The number of nitriles is 1. The fourth-order valence-corrected chi connectivity index (χ4v) is 3.00. The first-order valence-corrected chi connectivity index (χ1v) is 8.72. The van der Waals surface area contributed by atoms with Crippen LogP contribution in [0.25, 0.3) is 0 Å². The summed E-state index contributed by atoms with van der Waals surface area (Å²) in [5, 5.41) is 12.5. The molecule has 0 saturated heterocycles. The maximum atomic E-state index is 12.8. The summed E-state index contributed by atoms with van der Waals surface area (Å²) in [4.78, 5) is 14.5. The minimum atomic E-state index is -0.280. The van der Waals surface area contributed by atoms with Crippen molar-refractivity contribution in [2.45, 2.75) is 19.8 Å². The molecule has 1 amide bonds. The second-order valence-electron chi connectivity index (χ2n) is 5.96. The van der Waals surface area contributed by atoms with Crippen molar-refractivity contribution < 1.29 is 9.53 Å². The summed E-state index contributed by atoms with van der Waals surface area (Å²) in [5.41, 5.74) is 2.90. The van der Waals surface area contributed by atoms with Crippen molar-refractivity contribution in [3.63, 3.8) is 0 Å². The van der Waals surface area contributed by atoms with Gasteiger partial charge in [-0.25, -0.2) is 0 Å². The Kier molecular flexibility index (Phi) is 5.55. The molecular formula is C21H21N3O2.